The van der Waals surface area contributed by atoms with Crippen LogP contribution in [0.25, 0.3) is 22.4 Å². The van der Waals surface area contributed by atoms with Crippen molar-refractivity contribution in [1.82, 2.24) is 14.9 Å². The summed E-state index contributed by atoms with van der Waals surface area (Å²) >= 11 is 0. The molecule has 3 heterocycles. The number of imidazole rings is 1. The number of benzene rings is 3. The van der Waals surface area contributed by atoms with E-state index in [-0.39, 0.29) is 6.17 Å². The molecule has 2 aliphatic heterocycles. The fraction of sp³-hybridized carbons (Fsp3) is 0.406. The van der Waals surface area contributed by atoms with Crippen LogP contribution >= 0.6 is 0 Å². The first-order valence-electron chi connectivity index (χ1n) is 14.2. The molecule has 6 nitrogen and oxygen atoms in total. The lowest BCUT2D eigenvalue weighted by atomic mass is 9.97. The number of likely N-dealkylation sites (N-methyl/N-ethyl adjacent to an activating group) is 1. The van der Waals surface area contributed by atoms with Gasteiger partial charge in [0.05, 0.1) is 22.4 Å². The van der Waals surface area contributed by atoms with Gasteiger partial charge in [-0.15, -0.1) is 0 Å². The number of nitrogens with zero attached hydrogens (tertiary/aromatic N) is 4. The number of rotatable bonds is 5. The third-order valence-corrected chi connectivity index (χ3v) is 8.10. The van der Waals surface area contributed by atoms with Gasteiger partial charge in [-0.1, -0.05) is 58.0 Å². The summed E-state index contributed by atoms with van der Waals surface area (Å²) in [6.07, 6.45) is 1.24. The van der Waals surface area contributed by atoms with Gasteiger partial charge >= 0.3 is 0 Å². The average Bonchev–Trinajstić information content (AvgIpc) is 3.54. The van der Waals surface area contributed by atoms with Gasteiger partial charge in [-0.05, 0) is 60.8 Å². The van der Waals surface area contributed by atoms with E-state index in [2.05, 4.69) is 114 Å². The minimum absolute atomic E-state index is 0.0914. The quantitative estimate of drug-likeness (QED) is 0.300. The Morgan fingerprint density at radius 2 is 1.66 bits per heavy atom. The van der Waals surface area contributed by atoms with E-state index in [0.29, 0.717) is 5.92 Å². The predicted octanol–water partition coefficient (Wildman–Crippen LogP) is 7.08. The second-order valence-electron chi connectivity index (χ2n) is 10.4. The van der Waals surface area contributed by atoms with Crippen LogP contribution in [0, 0.1) is 0 Å². The largest absolute Gasteiger partial charge is 0.369 e. The highest BCUT2D eigenvalue weighted by Gasteiger charge is 2.28. The number of fused-ring (bicyclic) bond motifs is 2. The number of hydrogen-bond donors (Lipinski definition) is 2. The van der Waals surface area contributed by atoms with Gasteiger partial charge in [0.25, 0.3) is 0 Å². The molecule has 2 N–H and O–H groups in total. The summed E-state index contributed by atoms with van der Waals surface area (Å²) in [6.45, 7) is 12.9. The molecule has 1 fully saturated rings. The van der Waals surface area contributed by atoms with E-state index in [1.165, 1.54) is 28.2 Å². The second-order valence-corrected chi connectivity index (χ2v) is 10.4. The van der Waals surface area contributed by atoms with Crippen molar-refractivity contribution in [2.24, 2.45) is 0 Å². The minimum Gasteiger partial charge on any atom is -0.369 e. The Morgan fingerprint density at radius 1 is 0.921 bits per heavy atom. The number of piperazine rings is 1. The summed E-state index contributed by atoms with van der Waals surface area (Å²) in [5.74, 6) is 1.50. The van der Waals surface area contributed by atoms with E-state index >= 15 is 0 Å². The minimum atomic E-state index is 0.0914. The van der Waals surface area contributed by atoms with Crippen LogP contribution in [0.3, 0.4) is 0 Å². The molecular weight excluding hydrogens is 468 g/mol. The Morgan fingerprint density at radius 3 is 2.37 bits per heavy atom. The molecule has 200 valence electrons. The van der Waals surface area contributed by atoms with Gasteiger partial charge in [0.15, 0.2) is 0 Å². The summed E-state index contributed by atoms with van der Waals surface area (Å²) in [6, 6.07) is 22.2. The Hall–Kier alpha value is -3.51. The molecule has 4 aromatic rings. The van der Waals surface area contributed by atoms with Gasteiger partial charge in [0.1, 0.15) is 12.0 Å². The zero-order valence-corrected chi connectivity index (χ0v) is 23.8. The highest BCUT2D eigenvalue weighted by atomic mass is 15.3. The van der Waals surface area contributed by atoms with Crippen molar-refractivity contribution in [3.8, 4) is 11.4 Å². The van der Waals surface area contributed by atoms with Gasteiger partial charge in [0, 0.05) is 44.5 Å². The van der Waals surface area contributed by atoms with Crippen molar-refractivity contribution in [1.29, 1.82) is 0 Å². The average molecular weight is 511 g/mol. The molecule has 1 saturated heterocycles. The molecule has 1 aromatic heterocycles. The van der Waals surface area contributed by atoms with Crippen LogP contribution < -0.4 is 15.1 Å². The maximum absolute atomic E-state index is 4.87. The van der Waals surface area contributed by atoms with Crippen molar-refractivity contribution in [2.75, 3.05) is 55.4 Å². The maximum atomic E-state index is 4.87. The summed E-state index contributed by atoms with van der Waals surface area (Å²) in [5.41, 5.74) is 9.54. The first-order chi connectivity index (χ1) is 18.5. The molecular formula is C32H42N6. The Labute approximate surface area is 227 Å². The monoisotopic (exact) mass is 510 g/mol. The van der Waals surface area contributed by atoms with Crippen molar-refractivity contribution >= 4 is 28.1 Å². The van der Waals surface area contributed by atoms with Gasteiger partial charge in [-0.2, -0.15) is 0 Å². The third-order valence-electron chi connectivity index (χ3n) is 8.10. The fourth-order valence-electron chi connectivity index (χ4n) is 5.42. The topological polar surface area (TPSA) is 50.4 Å². The number of H-pyrrole nitrogens is 1. The molecule has 6 heteroatoms. The Bertz CT molecular complexity index is 1370. The lowest BCUT2D eigenvalue weighted by Crippen LogP contribution is -2.44. The van der Waals surface area contributed by atoms with Crippen LogP contribution in [0.5, 0.6) is 0 Å². The molecule has 0 saturated carbocycles. The highest BCUT2D eigenvalue weighted by molar-refractivity contribution is 5.83. The van der Waals surface area contributed by atoms with E-state index < -0.39 is 0 Å². The molecule has 0 amide bonds. The molecule has 2 unspecified atom stereocenters. The number of aromatic amines is 1. The van der Waals surface area contributed by atoms with Crippen LogP contribution in [-0.4, -0.2) is 55.1 Å². The SMILES string of the molecule is CC.CCC(C)c1ccc(-c2nc3ccc(C4Nc5ccc(N6CCN(C)CC6)cc5N4C)cc3[nH]2)cc1. The second kappa shape index (κ2) is 11.1. The lowest BCUT2D eigenvalue weighted by molar-refractivity contribution is 0.313. The van der Waals surface area contributed by atoms with E-state index in [9.17, 15) is 0 Å². The van der Waals surface area contributed by atoms with Crippen molar-refractivity contribution in [2.45, 2.75) is 46.2 Å². The predicted molar refractivity (Wildman–Crippen MR) is 163 cm³/mol. The molecule has 0 radical (unpaired) electrons. The summed E-state index contributed by atoms with van der Waals surface area (Å²) in [7, 11) is 4.38. The van der Waals surface area contributed by atoms with Gasteiger partial charge in [-0.25, -0.2) is 4.98 Å². The van der Waals surface area contributed by atoms with Crippen molar-refractivity contribution in [3.63, 3.8) is 0 Å². The molecule has 0 bridgehead atoms. The molecule has 2 aliphatic rings. The zero-order valence-electron chi connectivity index (χ0n) is 23.8. The van der Waals surface area contributed by atoms with Crippen LogP contribution in [0.2, 0.25) is 0 Å². The first kappa shape index (κ1) is 26.1. The van der Waals surface area contributed by atoms with Crippen molar-refractivity contribution < 1.29 is 0 Å². The highest BCUT2D eigenvalue weighted by Crippen LogP contribution is 2.42. The van der Waals surface area contributed by atoms with Crippen LogP contribution in [0.15, 0.2) is 60.7 Å². The van der Waals surface area contributed by atoms with E-state index in [4.69, 9.17) is 4.98 Å². The summed E-state index contributed by atoms with van der Waals surface area (Å²) < 4.78 is 0. The maximum Gasteiger partial charge on any atom is 0.138 e. The number of aromatic nitrogens is 2. The molecule has 6 rings (SSSR count). The Balaban J connectivity index is 0.00000144. The van der Waals surface area contributed by atoms with E-state index in [1.54, 1.807) is 0 Å². The van der Waals surface area contributed by atoms with Gasteiger partial charge in [-0.3, -0.25) is 0 Å². The van der Waals surface area contributed by atoms with Gasteiger partial charge in [0.2, 0.25) is 0 Å². The van der Waals surface area contributed by atoms with E-state index in [0.717, 1.165) is 55.0 Å². The molecule has 0 spiro atoms. The summed E-state index contributed by atoms with van der Waals surface area (Å²) in [5, 5.41) is 3.73. The summed E-state index contributed by atoms with van der Waals surface area (Å²) in [4.78, 5) is 15.7. The molecule has 0 aliphatic carbocycles. The van der Waals surface area contributed by atoms with Crippen LogP contribution in [0.1, 0.15) is 57.3 Å². The smallest absolute Gasteiger partial charge is 0.138 e. The zero-order chi connectivity index (χ0) is 26.8. The van der Waals surface area contributed by atoms with Crippen LogP contribution in [-0.2, 0) is 0 Å². The Kier molecular flexibility index (Phi) is 7.61. The third kappa shape index (κ3) is 4.97. The molecule has 3 aromatic carbocycles. The van der Waals surface area contributed by atoms with Crippen molar-refractivity contribution in [3.05, 3.63) is 71.8 Å². The van der Waals surface area contributed by atoms with E-state index in [1.807, 2.05) is 13.8 Å². The van der Waals surface area contributed by atoms with Crippen LogP contribution in [0.4, 0.5) is 17.1 Å². The number of anilines is 3. The fourth-order valence-corrected chi connectivity index (χ4v) is 5.42. The van der Waals surface area contributed by atoms with Gasteiger partial charge < -0.3 is 25.0 Å². The standard InChI is InChI=1S/C30H36N6.C2H6/c1-5-20(2)21-6-8-22(9-7-21)29-31-25-12-10-23(18-27(25)32-29)30-33-26-13-11-24(19-28(26)35(30)4)36-16-14-34(3)15-17-36;1-2/h6-13,18-20,30,33H,5,14-17H2,1-4H3,(H,31,32);1-2H3. The molecule has 38 heavy (non-hydrogen) atoms. The number of nitrogens with one attached hydrogen (secondary N) is 2. The lowest BCUT2D eigenvalue weighted by Gasteiger charge is -2.34. The molecule has 2 atom stereocenters. The first-order valence-corrected chi connectivity index (χ1v) is 14.2. The normalized spacial score (nSPS) is 18.1. The number of hydrogen-bond acceptors (Lipinski definition) is 5.